The van der Waals surface area contributed by atoms with Gasteiger partial charge in [0, 0.05) is 23.3 Å². The number of amides is 1. The minimum absolute atomic E-state index is 0.0169. The van der Waals surface area contributed by atoms with Crippen LogP contribution >= 0.6 is 23.4 Å². The fourth-order valence-electron chi connectivity index (χ4n) is 3.15. The highest BCUT2D eigenvalue weighted by Crippen LogP contribution is 2.29. The molecular formula is C23H21ClN4O2S. The van der Waals surface area contributed by atoms with E-state index in [-0.39, 0.29) is 11.2 Å². The van der Waals surface area contributed by atoms with Crippen molar-refractivity contribution in [2.45, 2.75) is 23.9 Å². The van der Waals surface area contributed by atoms with E-state index in [4.69, 9.17) is 16.0 Å². The number of thioether (sulfide) groups is 1. The van der Waals surface area contributed by atoms with Gasteiger partial charge in [0.15, 0.2) is 11.0 Å². The van der Waals surface area contributed by atoms with E-state index >= 15 is 0 Å². The molecule has 1 amide bonds. The molecule has 0 N–H and O–H groups in total. The van der Waals surface area contributed by atoms with Crippen molar-refractivity contribution in [3.8, 4) is 11.4 Å². The fraction of sp³-hybridized carbons (Fsp3) is 0.174. The lowest BCUT2D eigenvalue weighted by molar-refractivity contribution is -0.117. The number of para-hydroxylation sites is 1. The molecule has 31 heavy (non-hydrogen) atoms. The number of benzene rings is 2. The summed E-state index contributed by atoms with van der Waals surface area (Å²) < 4.78 is 7.50. The third kappa shape index (κ3) is 4.84. The van der Waals surface area contributed by atoms with Gasteiger partial charge in [0.05, 0.1) is 18.1 Å². The Bertz CT molecular complexity index is 1140. The monoisotopic (exact) mass is 452 g/mol. The van der Waals surface area contributed by atoms with Crippen molar-refractivity contribution in [3.63, 3.8) is 0 Å². The molecule has 0 aliphatic carbocycles. The van der Waals surface area contributed by atoms with Crippen LogP contribution in [0.3, 0.4) is 0 Å². The van der Waals surface area contributed by atoms with Crippen molar-refractivity contribution in [3.05, 3.63) is 83.8 Å². The second-order valence-electron chi connectivity index (χ2n) is 6.97. The van der Waals surface area contributed by atoms with Crippen LogP contribution in [0.2, 0.25) is 5.02 Å². The Balaban J connectivity index is 1.61. The zero-order chi connectivity index (χ0) is 21.8. The Kier molecular flexibility index (Phi) is 6.44. The molecule has 0 saturated heterocycles. The molecule has 2 aromatic heterocycles. The van der Waals surface area contributed by atoms with Crippen molar-refractivity contribution in [2.24, 2.45) is 0 Å². The van der Waals surface area contributed by atoms with Crippen LogP contribution in [-0.4, -0.2) is 33.0 Å². The van der Waals surface area contributed by atoms with Gasteiger partial charge in [-0.05, 0) is 55.5 Å². The zero-order valence-corrected chi connectivity index (χ0v) is 18.7. The maximum Gasteiger partial charge on any atom is 0.240 e. The topological polar surface area (TPSA) is 64.2 Å². The highest BCUT2D eigenvalue weighted by Gasteiger charge is 2.24. The first-order chi connectivity index (χ1) is 15.0. The molecular weight excluding hydrogens is 432 g/mol. The molecule has 0 aliphatic heterocycles. The van der Waals surface area contributed by atoms with Gasteiger partial charge in [0.25, 0.3) is 0 Å². The molecule has 0 spiro atoms. The first kappa shape index (κ1) is 21.2. The molecule has 2 heterocycles. The maximum absolute atomic E-state index is 13.0. The summed E-state index contributed by atoms with van der Waals surface area (Å²) in [5, 5.41) is 9.71. The molecule has 0 unspecified atom stereocenters. The Labute approximate surface area is 189 Å². The van der Waals surface area contributed by atoms with E-state index in [1.807, 2.05) is 78.2 Å². The molecule has 4 aromatic rings. The van der Waals surface area contributed by atoms with Crippen LogP contribution in [0.4, 0.5) is 5.69 Å². The predicted molar refractivity (Wildman–Crippen MR) is 123 cm³/mol. The number of rotatable bonds is 7. The average molecular weight is 453 g/mol. The summed E-state index contributed by atoms with van der Waals surface area (Å²) in [6, 6.07) is 20.7. The summed E-state index contributed by atoms with van der Waals surface area (Å²) in [6.45, 7) is 2.33. The molecule has 0 aliphatic rings. The van der Waals surface area contributed by atoms with Gasteiger partial charge in [-0.15, -0.1) is 10.2 Å². The van der Waals surface area contributed by atoms with Gasteiger partial charge >= 0.3 is 0 Å². The summed E-state index contributed by atoms with van der Waals surface area (Å²) in [4.78, 5) is 14.7. The van der Waals surface area contributed by atoms with Crippen LogP contribution in [0.5, 0.6) is 0 Å². The third-order valence-corrected chi connectivity index (χ3v) is 6.14. The van der Waals surface area contributed by atoms with Crippen LogP contribution in [0.15, 0.2) is 82.6 Å². The van der Waals surface area contributed by atoms with Gasteiger partial charge in [0.1, 0.15) is 5.76 Å². The molecule has 8 heteroatoms. The standard InChI is InChI=1S/C23H21ClN4O2S/c1-16(22(29)27(2)19-7-4-3-5-8-19)31-23-26-25-21(17-10-12-18(24)13-11-17)28(23)15-20-9-6-14-30-20/h3-14,16H,15H2,1-2H3/t16-/m0/s1. The number of hydrogen-bond acceptors (Lipinski definition) is 5. The van der Waals surface area contributed by atoms with Gasteiger partial charge in [-0.3, -0.25) is 9.36 Å². The van der Waals surface area contributed by atoms with Gasteiger partial charge in [-0.25, -0.2) is 0 Å². The number of aromatic nitrogens is 3. The molecule has 0 saturated carbocycles. The van der Waals surface area contributed by atoms with Crippen molar-refractivity contribution in [2.75, 3.05) is 11.9 Å². The van der Waals surface area contributed by atoms with Gasteiger partial charge in [0.2, 0.25) is 5.91 Å². The Morgan fingerprint density at radius 3 is 2.52 bits per heavy atom. The van der Waals surface area contributed by atoms with Crippen LogP contribution in [0.25, 0.3) is 11.4 Å². The average Bonchev–Trinajstić information content (AvgIpc) is 3.45. The smallest absolute Gasteiger partial charge is 0.240 e. The SMILES string of the molecule is C[C@H](Sc1nnc(-c2ccc(Cl)cc2)n1Cc1ccco1)C(=O)N(C)c1ccccc1. The molecule has 2 aromatic carbocycles. The minimum Gasteiger partial charge on any atom is -0.467 e. The summed E-state index contributed by atoms with van der Waals surface area (Å²) >= 11 is 7.41. The second-order valence-corrected chi connectivity index (χ2v) is 8.72. The van der Waals surface area contributed by atoms with E-state index in [0.717, 1.165) is 17.0 Å². The lowest BCUT2D eigenvalue weighted by atomic mass is 10.2. The summed E-state index contributed by atoms with van der Waals surface area (Å²) in [5.74, 6) is 1.45. The van der Waals surface area contributed by atoms with E-state index in [1.165, 1.54) is 11.8 Å². The van der Waals surface area contributed by atoms with E-state index in [1.54, 1.807) is 18.2 Å². The number of halogens is 1. The van der Waals surface area contributed by atoms with Crippen LogP contribution < -0.4 is 4.90 Å². The predicted octanol–water partition coefficient (Wildman–Crippen LogP) is 5.38. The number of furan rings is 1. The van der Waals surface area contributed by atoms with Crippen LogP contribution in [0, 0.1) is 0 Å². The minimum atomic E-state index is -0.358. The Morgan fingerprint density at radius 1 is 1.10 bits per heavy atom. The highest BCUT2D eigenvalue weighted by atomic mass is 35.5. The molecule has 0 bridgehead atoms. The maximum atomic E-state index is 13.0. The third-order valence-electron chi connectivity index (χ3n) is 4.82. The Hall–Kier alpha value is -3.03. The summed E-state index contributed by atoms with van der Waals surface area (Å²) in [7, 11) is 1.78. The molecule has 4 rings (SSSR count). The van der Waals surface area contributed by atoms with Crippen LogP contribution in [0.1, 0.15) is 12.7 Å². The van der Waals surface area contributed by atoms with E-state index in [0.29, 0.717) is 22.5 Å². The van der Waals surface area contributed by atoms with Crippen molar-refractivity contribution < 1.29 is 9.21 Å². The molecule has 6 nitrogen and oxygen atoms in total. The quantitative estimate of drug-likeness (QED) is 0.352. The number of anilines is 1. The van der Waals surface area contributed by atoms with E-state index < -0.39 is 0 Å². The zero-order valence-electron chi connectivity index (χ0n) is 17.1. The Morgan fingerprint density at radius 2 is 1.84 bits per heavy atom. The number of nitrogens with zero attached hydrogens (tertiary/aromatic N) is 4. The van der Waals surface area contributed by atoms with Crippen molar-refractivity contribution in [1.82, 2.24) is 14.8 Å². The lowest BCUT2D eigenvalue weighted by Gasteiger charge is -2.21. The highest BCUT2D eigenvalue weighted by molar-refractivity contribution is 8.00. The van der Waals surface area contributed by atoms with Crippen molar-refractivity contribution >= 4 is 35.0 Å². The number of carbonyl (C=O) groups is 1. The molecule has 158 valence electrons. The van der Waals surface area contributed by atoms with E-state index in [2.05, 4.69) is 10.2 Å². The summed E-state index contributed by atoms with van der Waals surface area (Å²) in [6.07, 6.45) is 1.63. The fourth-order valence-corrected chi connectivity index (χ4v) is 4.22. The largest absolute Gasteiger partial charge is 0.467 e. The van der Waals surface area contributed by atoms with Gasteiger partial charge in [-0.1, -0.05) is 41.6 Å². The van der Waals surface area contributed by atoms with E-state index in [9.17, 15) is 4.79 Å². The lowest BCUT2D eigenvalue weighted by Crippen LogP contribution is -2.33. The number of carbonyl (C=O) groups excluding carboxylic acids is 1. The first-order valence-electron chi connectivity index (χ1n) is 9.73. The normalized spacial score (nSPS) is 12.0. The van der Waals surface area contributed by atoms with Crippen LogP contribution in [-0.2, 0) is 11.3 Å². The summed E-state index contributed by atoms with van der Waals surface area (Å²) in [5.41, 5.74) is 1.73. The molecule has 1 atom stereocenters. The van der Waals surface area contributed by atoms with Gasteiger partial charge < -0.3 is 9.32 Å². The molecule has 0 fully saturated rings. The molecule has 0 radical (unpaired) electrons. The number of hydrogen-bond donors (Lipinski definition) is 0. The van der Waals surface area contributed by atoms with Crippen molar-refractivity contribution in [1.29, 1.82) is 0 Å². The second kappa shape index (κ2) is 9.41. The van der Waals surface area contributed by atoms with Gasteiger partial charge in [-0.2, -0.15) is 0 Å². The first-order valence-corrected chi connectivity index (χ1v) is 11.0.